The summed E-state index contributed by atoms with van der Waals surface area (Å²) >= 11 is 0. The van der Waals surface area contributed by atoms with Gasteiger partial charge >= 0.3 is 5.69 Å². The van der Waals surface area contributed by atoms with Crippen LogP contribution in [0.2, 0.25) is 0 Å². The Bertz CT molecular complexity index is 1050. The minimum Gasteiger partial charge on any atom is -0.328 e. The van der Waals surface area contributed by atoms with Crippen LogP contribution in [-0.2, 0) is 25.4 Å². The Labute approximate surface area is 134 Å². The van der Waals surface area contributed by atoms with Gasteiger partial charge in [-0.15, -0.1) is 0 Å². The molecule has 1 amide bonds. The van der Waals surface area contributed by atoms with E-state index in [0.29, 0.717) is 5.69 Å². The van der Waals surface area contributed by atoms with Gasteiger partial charge in [0.05, 0.1) is 6.33 Å². The van der Waals surface area contributed by atoms with Crippen LogP contribution in [0.4, 0.5) is 10.1 Å². The number of halogens is 1. The van der Waals surface area contributed by atoms with Gasteiger partial charge in [-0.3, -0.25) is 14.2 Å². The van der Waals surface area contributed by atoms with Crippen molar-refractivity contribution in [2.24, 2.45) is 14.1 Å². The van der Waals surface area contributed by atoms with Crippen LogP contribution in [0, 0.1) is 5.82 Å². The monoisotopic (exact) mass is 331 g/mol. The number of hydrogen-bond acceptors (Lipinski definition) is 4. The molecule has 1 aromatic carbocycles. The molecule has 0 bridgehead atoms. The van der Waals surface area contributed by atoms with E-state index >= 15 is 0 Å². The highest BCUT2D eigenvalue weighted by Crippen LogP contribution is 2.08. The maximum absolute atomic E-state index is 12.9. The number of anilines is 1. The predicted molar refractivity (Wildman–Crippen MR) is 85.2 cm³/mol. The van der Waals surface area contributed by atoms with Crippen molar-refractivity contribution in [3.8, 4) is 0 Å². The number of benzene rings is 1. The third kappa shape index (κ3) is 2.60. The van der Waals surface area contributed by atoms with Gasteiger partial charge in [-0.2, -0.15) is 0 Å². The zero-order valence-electron chi connectivity index (χ0n) is 13.0. The second kappa shape index (κ2) is 5.76. The molecule has 8 nitrogen and oxygen atoms in total. The molecule has 0 saturated heterocycles. The van der Waals surface area contributed by atoms with Gasteiger partial charge in [0.25, 0.3) is 5.56 Å². The van der Waals surface area contributed by atoms with E-state index in [1.807, 2.05) is 0 Å². The van der Waals surface area contributed by atoms with Crippen molar-refractivity contribution in [1.29, 1.82) is 0 Å². The smallest absolute Gasteiger partial charge is 0.328 e. The molecule has 3 rings (SSSR count). The molecule has 124 valence electrons. The first kappa shape index (κ1) is 15.7. The number of carbonyl (C=O) groups is 1. The summed E-state index contributed by atoms with van der Waals surface area (Å²) in [5.41, 5.74) is -0.384. The molecule has 0 atom stereocenters. The van der Waals surface area contributed by atoms with E-state index in [0.717, 1.165) is 4.57 Å². The molecule has 2 aromatic heterocycles. The fourth-order valence-corrected chi connectivity index (χ4v) is 2.41. The SMILES string of the molecule is Cn1cnc2c1c(=O)n(CC(=O)Nc1ccc(F)cc1)c(=O)n2C. The lowest BCUT2D eigenvalue weighted by Gasteiger charge is -2.09. The van der Waals surface area contributed by atoms with Crippen molar-refractivity contribution in [2.45, 2.75) is 6.54 Å². The van der Waals surface area contributed by atoms with Crippen molar-refractivity contribution in [3.05, 3.63) is 57.2 Å². The maximum atomic E-state index is 12.9. The molecule has 0 unspecified atom stereocenters. The number of aromatic nitrogens is 4. The van der Waals surface area contributed by atoms with Crippen LogP contribution >= 0.6 is 0 Å². The molecule has 0 spiro atoms. The summed E-state index contributed by atoms with van der Waals surface area (Å²) in [6.45, 7) is -0.454. The van der Waals surface area contributed by atoms with Crippen molar-refractivity contribution in [3.63, 3.8) is 0 Å². The minimum atomic E-state index is -0.638. The van der Waals surface area contributed by atoms with Crippen LogP contribution in [0.25, 0.3) is 11.2 Å². The van der Waals surface area contributed by atoms with E-state index in [2.05, 4.69) is 10.3 Å². The fourth-order valence-electron chi connectivity index (χ4n) is 2.41. The largest absolute Gasteiger partial charge is 0.332 e. The second-order valence-electron chi connectivity index (χ2n) is 5.32. The molecule has 0 saturated carbocycles. The average molecular weight is 331 g/mol. The number of rotatable bonds is 3. The fraction of sp³-hybridized carbons (Fsp3) is 0.200. The number of aryl methyl sites for hydroxylation is 2. The number of nitrogens with one attached hydrogen (secondary N) is 1. The molecule has 24 heavy (non-hydrogen) atoms. The molecule has 0 aliphatic rings. The molecular formula is C15H14FN5O3. The lowest BCUT2D eigenvalue weighted by atomic mass is 10.3. The summed E-state index contributed by atoms with van der Waals surface area (Å²) in [5, 5.41) is 2.51. The normalized spacial score (nSPS) is 11.0. The Hall–Kier alpha value is -3.23. The van der Waals surface area contributed by atoms with Gasteiger partial charge in [0.15, 0.2) is 11.2 Å². The number of fused-ring (bicyclic) bond motifs is 1. The van der Waals surface area contributed by atoms with Gasteiger partial charge in [-0.1, -0.05) is 0 Å². The highest BCUT2D eigenvalue weighted by molar-refractivity contribution is 5.90. The zero-order chi connectivity index (χ0) is 17.4. The lowest BCUT2D eigenvalue weighted by Crippen LogP contribution is -2.42. The number of carbonyl (C=O) groups excluding carboxylic acids is 1. The van der Waals surface area contributed by atoms with E-state index in [9.17, 15) is 18.8 Å². The summed E-state index contributed by atoms with van der Waals surface area (Å²) in [4.78, 5) is 40.9. The molecule has 0 aliphatic carbocycles. The Balaban J connectivity index is 1.96. The van der Waals surface area contributed by atoms with Crippen molar-refractivity contribution < 1.29 is 9.18 Å². The van der Waals surface area contributed by atoms with Crippen LogP contribution in [0.5, 0.6) is 0 Å². The first-order valence-electron chi connectivity index (χ1n) is 7.04. The third-order valence-corrected chi connectivity index (χ3v) is 3.63. The van der Waals surface area contributed by atoms with Gasteiger partial charge in [0.2, 0.25) is 5.91 Å². The Morgan fingerprint density at radius 3 is 2.54 bits per heavy atom. The van der Waals surface area contributed by atoms with E-state index < -0.39 is 29.5 Å². The lowest BCUT2D eigenvalue weighted by molar-refractivity contribution is -0.116. The molecule has 0 aliphatic heterocycles. The van der Waals surface area contributed by atoms with Crippen LogP contribution < -0.4 is 16.6 Å². The number of imidazole rings is 1. The molecular weight excluding hydrogens is 317 g/mol. The van der Waals surface area contributed by atoms with Crippen molar-refractivity contribution in [2.75, 3.05) is 5.32 Å². The molecule has 1 N–H and O–H groups in total. The highest BCUT2D eigenvalue weighted by atomic mass is 19.1. The quantitative estimate of drug-likeness (QED) is 0.743. The predicted octanol–water partition coefficient (Wildman–Crippen LogP) is 0.211. The van der Waals surface area contributed by atoms with E-state index in [-0.39, 0.29) is 11.2 Å². The molecule has 3 aromatic rings. The molecule has 0 fully saturated rings. The maximum Gasteiger partial charge on any atom is 0.332 e. The van der Waals surface area contributed by atoms with E-state index in [1.165, 1.54) is 46.8 Å². The van der Waals surface area contributed by atoms with Gasteiger partial charge < -0.3 is 9.88 Å². The van der Waals surface area contributed by atoms with Crippen molar-refractivity contribution in [1.82, 2.24) is 18.7 Å². The molecule has 2 heterocycles. The van der Waals surface area contributed by atoms with Crippen LogP contribution in [0.3, 0.4) is 0 Å². The Morgan fingerprint density at radius 2 is 1.88 bits per heavy atom. The van der Waals surface area contributed by atoms with E-state index in [4.69, 9.17) is 0 Å². The highest BCUT2D eigenvalue weighted by Gasteiger charge is 2.16. The van der Waals surface area contributed by atoms with Crippen molar-refractivity contribution >= 4 is 22.8 Å². The van der Waals surface area contributed by atoms with Gasteiger partial charge in [-0.05, 0) is 24.3 Å². The number of hydrogen-bond donors (Lipinski definition) is 1. The first-order chi connectivity index (χ1) is 11.4. The average Bonchev–Trinajstić information content (AvgIpc) is 2.94. The third-order valence-electron chi connectivity index (χ3n) is 3.63. The van der Waals surface area contributed by atoms with Crippen LogP contribution in [-0.4, -0.2) is 24.6 Å². The summed E-state index contributed by atoms with van der Waals surface area (Å²) in [7, 11) is 3.11. The summed E-state index contributed by atoms with van der Waals surface area (Å²) < 4.78 is 16.4. The summed E-state index contributed by atoms with van der Waals surface area (Å²) in [5.74, 6) is -0.998. The van der Waals surface area contributed by atoms with E-state index in [1.54, 1.807) is 7.05 Å². The van der Waals surface area contributed by atoms with Gasteiger partial charge in [0.1, 0.15) is 12.4 Å². The molecule has 9 heteroatoms. The van der Waals surface area contributed by atoms with Crippen LogP contribution in [0.15, 0.2) is 40.2 Å². The Morgan fingerprint density at radius 1 is 1.21 bits per heavy atom. The van der Waals surface area contributed by atoms with Gasteiger partial charge in [0, 0.05) is 19.8 Å². The van der Waals surface area contributed by atoms with Gasteiger partial charge in [-0.25, -0.2) is 18.7 Å². The minimum absolute atomic E-state index is 0.228. The first-order valence-corrected chi connectivity index (χ1v) is 7.04. The van der Waals surface area contributed by atoms with Crippen LogP contribution in [0.1, 0.15) is 0 Å². The number of amides is 1. The zero-order valence-corrected chi connectivity index (χ0v) is 13.0. The summed E-state index contributed by atoms with van der Waals surface area (Å²) in [6, 6.07) is 5.17. The topological polar surface area (TPSA) is 90.9 Å². The Kier molecular flexibility index (Phi) is 3.76. The second-order valence-corrected chi connectivity index (χ2v) is 5.32. The molecule has 0 radical (unpaired) electrons. The standard InChI is InChI=1S/C15H14FN5O3/c1-19-8-17-13-12(19)14(23)21(15(24)20(13)2)7-11(22)18-10-5-3-9(16)4-6-10/h3-6,8H,7H2,1-2H3,(H,18,22). The number of nitrogens with zero attached hydrogens (tertiary/aromatic N) is 4. The summed E-state index contributed by atoms with van der Waals surface area (Å²) in [6.07, 6.45) is 1.43.